The average molecular weight is 320 g/mol. The molecule has 0 spiro atoms. The average Bonchev–Trinajstić information content (AvgIpc) is 2.81. The molecule has 1 aromatic carbocycles. The van der Waals surface area contributed by atoms with E-state index in [2.05, 4.69) is 17.1 Å². The van der Waals surface area contributed by atoms with Crippen LogP contribution in [0.1, 0.15) is 35.2 Å². The molecule has 0 radical (unpaired) electrons. The number of hydrogen-bond donors (Lipinski definition) is 1. The molecule has 0 saturated carbocycles. The first-order valence-corrected chi connectivity index (χ1v) is 8.01. The highest BCUT2D eigenvalue weighted by atomic mass is 19.3. The Labute approximate surface area is 134 Å². The summed E-state index contributed by atoms with van der Waals surface area (Å²) < 4.78 is 26.5. The second-order valence-corrected chi connectivity index (χ2v) is 6.59. The van der Waals surface area contributed by atoms with Crippen molar-refractivity contribution in [2.24, 2.45) is 0 Å². The number of piperidine rings is 1. The number of alkyl halides is 2. The third-order valence-electron chi connectivity index (χ3n) is 4.86. The predicted octanol–water partition coefficient (Wildman–Crippen LogP) is 3.89. The first-order valence-electron chi connectivity index (χ1n) is 8.01. The molecule has 5 heteroatoms. The first kappa shape index (κ1) is 16.0. The second kappa shape index (κ2) is 5.62. The van der Waals surface area contributed by atoms with Gasteiger partial charge in [-0.15, -0.1) is 0 Å². The van der Waals surface area contributed by atoms with E-state index in [0.29, 0.717) is 0 Å². The number of fused-ring (bicyclic) bond motifs is 1. The van der Waals surface area contributed by atoms with Crippen LogP contribution in [0.4, 0.5) is 8.78 Å². The highest BCUT2D eigenvalue weighted by molar-refractivity contribution is 5.93. The Bertz CT molecular complexity index is 754. The molecule has 1 aromatic heterocycles. The molecule has 0 aliphatic carbocycles. The smallest absolute Gasteiger partial charge is 0.251 e. The summed E-state index contributed by atoms with van der Waals surface area (Å²) in [5.74, 6) is -2.69. The molecule has 23 heavy (non-hydrogen) atoms. The van der Waals surface area contributed by atoms with Crippen molar-refractivity contribution in [3.05, 3.63) is 34.5 Å². The molecule has 1 amide bonds. The Kier molecular flexibility index (Phi) is 3.90. The second-order valence-electron chi connectivity index (χ2n) is 6.59. The number of carbonyl (C=O) groups is 1. The zero-order valence-electron chi connectivity index (χ0n) is 13.8. The van der Waals surface area contributed by atoms with E-state index in [1.807, 2.05) is 20.8 Å². The normalized spacial score (nSPS) is 17.7. The Morgan fingerprint density at radius 2 is 1.78 bits per heavy atom. The van der Waals surface area contributed by atoms with Crippen molar-refractivity contribution in [3.63, 3.8) is 0 Å². The van der Waals surface area contributed by atoms with Crippen LogP contribution in [0.5, 0.6) is 0 Å². The zero-order chi connectivity index (χ0) is 16.8. The summed E-state index contributed by atoms with van der Waals surface area (Å²) in [7, 11) is 0. The van der Waals surface area contributed by atoms with E-state index in [1.54, 1.807) is 4.90 Å². The molecule has 1 saturated heterocycles. The van der Waals surface area contributed by atoms with Crippen LogP contribution in [0.15, 0.2) is 12.1 Å². The molecule has 0 atom stereocenters. The Hall–Kier alpha value is -1.91. The minimum absolute atomic E-state index is 0.0644. The van der Waals surface area contributed by atoms with Gasteiger partial charge in [0.25, 0.3) is 5.92 Å². The monoisotopic (exact) mass is 320 g/mol. The fourth-order valence-electron chi connectivity index (χ4n) is 3.38. The molecule has 3 nitrogen and oxygen atoms in total. The lowest BCUT2D eigenvalue weighted by Gasteiger charge is -2.31. The van der Waals surface area contributed by atoms with Gasteiger partial charge in [0.15, 0.2) is 0 Å². The molecular formula is C18H22F2N2O. The topological polar surface area (TPSA) is 36.1 Å². The van der Waals surface area contributed by atoms with Gasteiger partial charge in [0.2, 0.25) is 5.91 Å². The number of likely N-dealkylation sites (tertiary alicyclic amines) is 1. The molecule has 3 rings (SSSR count). The lowest BCUT2D eigenvalue weighted by molar-refractivity contribution is -0.136. The summed E-state index contributed by atoms with van der Waals surface area (Å²) in [6.07, 6.45) is -0.199. The van der Waals surface area contributed by atoms with Gasteiger partial charge in [-0.1, -0.05) is 12.1 Å². The van der Waals surface area contributed by atoms with Crippen molar-refractivity contribution in [2.75, 3.05) is 13.1 Å². The number of aryl methyl sites for hydroxylation is 3. The van der Waals surface area contributed by atoms with Gasteiger partial charge in [-0.05, 0) is 37.5 Å². The summed E-state index contributed by atoms with van der Waals surface area (Å²) in [6.45, 7) is 6.32. The molecule has 124 valence electrons. The number of nitrogens with one attached hydrogen (secondary N) is 1. The van der Waals surface area contributed by atoms with Crippen molar-refractivity contribution in [1.29, 1.82) is 0 Å². The van der Waals surface area contributed by atoms with Gasteiger partial charge in [0, 0.05) is 42.5 Å². The third kappa shape index (κ3) is 2.96. The van der Waals surface area contributed by atoms with Gasteiger partial charge >= 0.3 is 0 Å². The van der Waals surface area contributed by atoms with E-state index in [9.17, 15) is 13.6 Å². The van der Waals surface area contributed by atoms with Crippen molar-refractivity contribution < 1.29 is 13.6 Å². The minimum atomic E-state index is -2.62. The zero-order valence-corrected chi connectivity index (χ0v) is 13.8. The number of hydrogen-bond acceptors (Lipinski definition) is 1. The standard InChI is InChI=1S/C18H22F2N2O/c1-11-4-5-12(2)17-16(11)14(13(3)21-17)10-15(23)22-8-6-18(19,20)7-9-22/h4-5,21H,6-10H2,1-3H3. The van der Waals surface area contributed by atoms with Crippen LogP contribution in [-0.4, -0.2) is 34.8 Å². The van der Waals surface area contributed by atoms with Crippen LogP contribution in [0.2, 0.25) is 0 Å². The summed E-state index contributed by atoms with van der Waals surface area (Å²) >= 11 is 0. The van der Waals surface area contributed by atoms with Crippen molar-refractivity contribution in [2.45, 2.75) is 46.0 Å². The van der Waals surface area contributed by atoms with Gasteiger partial charge in [-0.2, -0.15) is 0 Å². The maximum absolute atomic E-state index is 13.2. The lowest BCUT2D eigenvalue weighted by atomic mass is 10.00. The van der Waals surface area contributed by atoms with E-state index in [1.165, 1.54) is 0 Å². The molecule has 1 fully saturated rings. The maximum atomic E-state index is 13.2. The van der Waals surface area contributed by atoms with Gasteiger partial charge < -0.3 is 9.88 Å². The van der Waals surface area contributed by atoms with Crippen LogP contribution in [0.25, 0.3) is 10.9 Å². The van der Waals surface area contributed by atoms with Gasteiger partial charge in [0.05, 0.1) is 6.42 Å². The minimum Gasteiger partial charge on any atom is -0.358 e. The molecule has 2 heterocycles. The van der Waals surface area contributed by atoms with Crippen LogP contribution >= 0.6 is 0 Å². The highest BCUT2D eigenvalue weighted by Crippen LogP contribution is 2.30. The highest BCUT2D eigenvalue weighted by Gasteiger charge is 2.35. The number of rotatable bonds is 2. The number of carbonyl (C=O) groups excluding carboxylic acids is 1. The van der Waals surface area contributed by atoms with E-state index in [4.69, 9.17) is 0 Å². The molecular weight excluding hydrogens is 298 g/mol. The van der Waals surface area contributed by atoms with Crippen molar-refractivity contribution >= 4 is 16.8 Å². The quantitative estimate of drug-likeness (QED) is 0.895. The largest absolute Gasteiger partial charge is 0.358 e. The molecule has 0 bridgehead atoms. The van der Waals surface area contributed by atoms with Crippen LogP contribution in [0, 0.1) is 20.8 Å². The maximum Gasteiger partial charge on any atom is 0.251 e. The Morgan fingerprint density at radius 3 is 2.43 bits per heavy atom. The Morgan fingerprint density at radius 1 is 1.17 bits per heavy atom. The van der Waals surface area contributed by atoms with E-state index < -0.39 is 5.92 Å². The van der Waals surface area contributed by atoms with E-state index in [-0.39, 0.29) is 38.3 Å². The molecule has 2 aromatic rings. The summed E-state index contributed by atoms with van der Waals surface area (Å²) in [4.78, 5) is 17.5. The predicted molar refractivity (Wildman–Crippen MR) is 87.0 cm³/mol. The van der Waals surface area contributed by atoms with E-state index in [0.717, 1.165) is 33.3 Å². The number of aromatic nitrogens is 1. The number of nitrogens with zero attached hydrogens (tertiary/aromatic N) is 1. The number of halogens is 2. The van der Waals surface area contributed by atoms with Crippen LogP contribution in [-0.2, 0) is 11.2 Å². The van der Waals surface area contributed by atoms with Crippen molar-refractivity contribution in [1.82, 2.24) is 9.88 Å². The van der Waals surface area contributed by atoms with E-state index >= 15 is 0 Å². The summed E-state index contributed by atoms with van der Waals surface area (Å²) in [5.41, 5.74) is 5.31. The lowest BCUT2D eigenvalue weighted by Crippen LogP contribution is -2.43. The SMILES string of the molecule is Cc1[nH]c2c(C)ccc(C)c2c1CC(=O)N1CCC(F)(F)CC1. The van der Waals surface area contributed by atoms with Gasteiger partial charge in [-0.25, -0.2) is 8.78 Å². The molecule has 1 N–H and O–H groups in total. The molecule has 0 unspecified atom stereocenters. The molecule has 1 aliphatic rings. The number of aromatic amines is 1. The summed E-state index contributed by atoms with van der Waals surface area (Å²) in [5, 5.41) is 1.10. The third-order valence-corrected chi connectivity index (χ3v) is 4.86. The van der Waals surface area contributed by atoms with Crippen molar-refractivity contribution in [3.8, 4) is 0 Å². The summed E-state index contributed by atoms with van der Waals surface area (Å²) in [6, 6.07) is 4.12. The number of benzene rings is 1. The fraction of sp³-hybridized carbons (Fsp3) is 0.500. The molecule has 1 aliphatic heterocycles. The van der Waals surface area contributed by atoms with Crippen LogP contribution < -0.4 is 0 Å². The fourth-order valence-corrected chi connectivity index (χ4v) is 3.38. The number of amides is 1. The first-order chi connectivity index (χ1) is 10.8. The van der Waals surface area contributed by atoms with Gasteiger partial charge in [-0.3, -0.25) is 4.79 Å². The number of H-pyrrole nitrogens is 1. The van der Waals surface area contributed by atoms with Crippen LogP contribution in [0.3, 0.4) is 0 Å². The van der Waals surface area contributed by atoms with Gasteiger partial charge in [0.1, 0.15) is 0 Å². The Balaban J connectivity index is 1.86.